The summed E-state index contributed by atoms with van der Waals surface area (Å²) < 4.78 is 11.0. The first kappa shape index (κ1) is 13.9. The molecule has 0 aromatic heterocycles. The van der Waals surface area contributed by atoms with Crippen LogP contribution in [-0.4, -0.2) is 18.1 Å². The number of rotatable bonds is 6. The lowest BCUT2D eigenvalue weighted by Crippen LogP contribution is -2.08. The fourth-order valence-corrected chi connectivity index (χ4v) is 1.62. The van der Waals surface area contributed by atoms with Crippen molar-refractivity contribution in [2.45, 2.75) is 6.92 Å². The summed E-state index contributed by atoms with van der Waals surface area (Å²) in [6, 6.07) is 13.7. The van der Waals surface area contributed by atoms with Crippen LogP contribution in [0.25, 0.3) is 0 Å². The minimum Gasteiger partial charge on any atom is -0.490 e. The lowest BCUT2D eigenvalue weighted by atomic mass is 10.2. The summed E-state index contributed by atoms with van der Waals surface area (Å²) in [6.45, 7) is 2.81. The first-order valence-corrected chi connectivity index (χ1v) is 6.22. The largest absolute Gasteiger partial charge is 0.490 e. The molecule has 0 N–H and O–H groups in total. The highest BCUT2D eigenvalue weighted by molar-refractivity contribution is 5.36. The Balaban J connectivity index is 1.75. The van der Waals surface area contributed by atoms with E-state index in [1.807, 2.05) is 31.2 Å². The SMILES string of the molecule is Cc1ccc(OCCOc2ccc([N+](=O)[O-])cc2)cc1. The topological polar surface area (TPSA) is 61.6 Å². The minimum absolute atomic E-state index is 0.0493. The first-order chi connectivity index (χ1) is 9.65. The predicted octanol–water partition coefficient (Wildman–Crippen LogP) is 3.36. The van der Waals surface area contributed by atoms with Crippen LogP contribution in [0.2, 0.25) is 0 Å². The Morgan fingerprint density at radius 1 is 0.900 bits per heavy atom. The second kappa shape index (κ2) is 6.56. The zero-order valence-corrected chi connectivity index (χ0v) is 11.1. The highest BCUT2D eigenvalue weighted by Crippen LogP contribution is 2.17. The summed E-state index contributed by atoms with van der Waals surface area (Å²) in [5.41, 5.74) is 1.23. The number of nitro groups is 1. The Kier molecular flexibility index (Phi) is 4.55. The molecule has 0 atom stereocenters. The van der Waals surface area contributed by atoms with Gasteiger partial charge < -0.3 is 9.47 Å². The molecule has 5 nitrogen and oxygen atoms in total. The lowest BCUT2D eigenvalue weighted by molar-refractivity contribution is -0.384. The Hall–Kier alpha value is -2.56. The summed E-state index contributed by atoms with van der Waals surface area (Å²) in [5.74, 6) is 1.38. The van der Waals surface area contributed by atoms with Gasteiger partial charge in [0.05, 0.1) is 4.92 Å². The third kappa shape index (κ3) is 3.98. The third-order valence-corrected chi connectivity index (χ3v) is 2.69. The Labute approximate surface area is 116 Å². The van der Waals surface area contributed by atoms with Crippen molar-refractivity contribution in [3.05, 3.63) is 64.2 Å². The van der Waals surface area contributed by atoms with Gasteiger partial charge in [0.25, 0.3) is 5.69 Å². The normalized spacial score (nSPS) is 10.1. The van der Waals surface area contributed by atoms with Gasteiger partial charge >= 0.3 is 0 Å². The molecule has 2 rings (SSSR count). The van der Waals surface area contributed by atoms with Crippen molar-refractivity contribution in [3.63, 3.8) is 0 Å². The van der Waals surface area contributed by atoms with Crippen LogP contribution in [0.1, 0.15) is 5.56 Å². The summed E-state index contributed by atoms with van der Waals surface area (Å²) in [5, 5.41) is 10.5. The average Bonchev–Trinajstić information content (AvgIpc) is 2.46. The van der Waals surface area contributed by atoms with Crippen molar-refractivity contribution in [3.8, 4) is 11.5 Å². The minimum atomic E-state index is -0.440. The van der Waals surface area contributed by atoms with Crippen molar-refractivity contribution < 1.29 is 14.4 Å². The van der Waals surface area contributed by atoms with Crippen LogP contribution in [-0.2, 0) is 0 Å². The smallest absolute Gasteiger partial charge is 0.269 e. The second-order valence-electron chi connectivity index (χ2n) is 4.26. The monoisotopic (exact) mass is 273 g/mol. The van der Waals surface area contributed by atoms with Crippen molar-refractivity contribution in [2.24, 2.45) is 0 Å². The molecule has 104 valence electrons. The van der Waals surface area contributed by atoms with E-state index in [4.69, 9.17) is 9.47 Å². The van der Waals surface area contributed by atoms with Gasteiger partial charge in [0.2, 0.25) is 0 Å². The van der Waals surface area contributed by atoms with Crippen molar-refractivity contribution in [1.29, 1.82) is 0 Å². The molecule has 0 amide bonds. The van der Waals surface area contributed by atoms with Crippen molar-refractivity contribution in [2.75, 3.05) is 13.2 Å². The standard InChI is InChI=1S/C15H15NO4/c1-12-2-6-14(7-3-12)19-10-11-20-15-8-4-13(5-9-15)16(17)18/h2-9H,10-11H2,1H3. The molecule has 0 aliphatic carbocycles. The molecule has 0 spiro atoms. The van der Waals surface area contributed by atoms with Gasteiger partial charge in [0.15, 0.2) is 0 Å². The molecule has 0 saturated carbocycles. The molecule has 0 heterocycles. The van der Waals surface area contributed by atoms with E-state index in [1.165, 1.54) is 17.7 Å². The maximum absolute atomic E-state index is 10.5. The van der Waals surface area contributed by atoms with Gasteiger partial charge in [0.1, 0.15) is 24.7 Å². The molecule has 0 unspecified atom stereocenters. The summed E-state index contributed by atoms with van der Waals surface area (Å²) >= 11 is 0. The van der Waals surface area contributed by atoms with Gasteiger partial charge in [-0.05, 0) is 31.2 Å². The Bertz CT molecular complexity index is 563. The number of hydrogen-bond donors (Lipinski definition) is 0. The Morgan fingerprint density at radius 3 is 1.80 bits per heavy atom. The third-order valence-electron chi connectivity index (χ3n) is 2.69. The molecular formula is C15H15NO4. The fraction of sp³-hybridized carbons (Fsp3) is 0.200. The number of non-ortho nitro benzene ring substituents is 1. The quantitative estimate of drug-likeness (QED) is 0.460. The van der Waals surface area contributed by atoms with Gasteiger partial charge in [-0.3, -0.25) is 10.1 Å². The Morgan fingerprint density at radius 2 is 1.35 bits per heavy atom. The highest BCUT2D eigenvalue weighted by Gasteiger charge is 2.04. The fourth-order valence-electron chi connectivity index (χ4n) is 1.62. The highest BCUT2D eigenvalue weighted by atomic mass is 16.6. The zero-order chi connectivity index (χ0) is 14.4. The maximum atomic E-state index is 10.5. The molecule has 2 aromatic rings. The molecule has 0 radical (unpaired) electrons. The summed E-state index contributed by atoms with van der Waals surface area (Å²) in [4.78, 5) is 10.1. The maximum Gasteiger partial charge on any atom is 0.269 e. The zero-order valence-electron chi connectivity index (χ0n) is 11.1. The molecule has 20 heavy (non-hydrogen) atoms. The van der Waals surface area contributed by atoms with Gasteiger partial charge in [-0.1, -0.05) is 17.7 Å². The predicted molar refractivity (Wildman–Crippen MR) is 75.3 cm³/mol. The van der Waals surface area contributed by atoms with Gasteiger partial charge in [0, 0.05) is 12.1 Å². The molecule has 0 aliphatic rings. The summed E-state index contributed by atoms with van der Waals surface area (Å²) in [7, 11) is 0. The van der Waals surface area contributed by atoms with Crippen LogP contribution < -0.4 is 9.47 Å². The molecule has 0 aliphatic heterocycles. The molecular weight excluding hydrogens is 258 g/mol. The van der Waals surface area contributed by atoms with E-state index in [2.05, 4.69) is 0 Å². The van der Waals surface area contributed by atoms with Crippen molar-refractivity contribution in [1.82, 2.24) is 0 Å². The number of aryl methyl sites for hydroxylation is 1. The van der Waals surface area contributed by atoms with Crippen LogP contribution in [0.4, 0.5) is 5.69 Å². The number of hydrogen-bond acceptors (Lipinski definition) is 4. The van der Waals surface area contributed by atoms with Crippen LogP contribution in [0, 0.1) is 17.0 Å². The lowest BCUT2D eigenvalue weighted by Gasteiger charge is -2.08. The molecule has 0 bridgehead atoms. The second-order valence-corrected chi connectivity index (χ2v) is 4.26. The van der Waals surface area contributed by atoms with Crippen LogP contribution in [0.3, 0.4) is 0 Å². The van der Waals surface area contributed by atoms with E-state index in [0.29, 0.717) is 19.0 Å². The van der Waals surface area contributed by atoms with E-state index in [9.17, 15) is 10.1 Å². The van der Waals surface area contributed by atoms with Crippen LogP contribution >= 0.6 is 0 Å². The van der Waals surface area contributed by atoms with E-state index in [0.717, 1.165) is 5.75 Å². The molecule has 2 aromatic carbocycles. The van der Waals surface area contributed by atoms with E-state index in [1.54, 1.807) is 12.1 Å². The molecule has 0 saturated heterocycles. The number of nitrogens with zero attached hydrogens (tertiary/aromatic N) is 1. The first-order valence-electron chi connectivity index (χ1n) is 6.22. The molecule has 0 fully saturated rings. The average molecular weight is 273 g/mol. The van der Waals surface area contributed by atoms with Gasteiger partial charge in [-0.25, -0.2) is 0 Å². The van der Waals surface area contributed by atoms with Crippen LogP contribution in [0.5, 0.6) is 11.5 Å². The van der Waals surface area contributed by atoms with Gasteiger partial charge in [-0.15, -0.1) is 0 Å². The number of benzene rings is 2. The van der Waals surface area contributed by atoms with E-state index < -0.39 is 4.92 Å². The summed E-state index contributed by atoms with van der Waals surface area (Å²) in [6.07, 6.45) is 0. The van der Waals surface area contributed by atoms with Gasteiger partial charge in [-0.2, -0.15) is 0 Å². The van der Waals surface area contributed by atoms with Crippen molar-refractivity contribution >= 4 is 5.69 Å². The number of ether oxygens (including phenoxy) is 2. The van der Waals surface area contributed by atoms with E-state index >= 15 is 0 Å². The van der Waals surface area contributed by atoms with Crippen LogP contribution in [0.15, 0.2) is 48.5 Å². The molecule has 5 heteroatoms. The number of nitro benzene ring substituents is 1. The van der Waals surface area contributed by atoms with E-state index in [-0.39, 0.29) is 5.69 Å².